The average molecular weight is 401 g/mol. The van der Waals surface area contributed by atoms with Crippen LogP contribution in [0.25, 0.3) is 5.69 Å². The number of hydrogen-bond acceptors (Lipinski definition) is 7. The molecule has 28 heavy (non-hydrogen) atoms. The smallest absolute Gasteiger partial charge is 0.248 e. The highest BCUT2D eigenvalue weighted by molar-refractivity contribution is 7.90. The fraction of sp³-hybridized carbons (Fsp3) is 0.263. The molecule has 1 heterocycles. The second kappa shape index (κ2) is 7.89. The van der Waals surface area contributed by atoms with Gasteiger partial charge in [0.1, 0.15) is 0 Å². The first kappa shape index (κ1) is 19.7. The molecule has 148 valence electrons. The molecular formula is C19H24N6O2S. The van der Waals surface area contributed by atoms with Crippen LogP contribution in [0, 0.1) is 0 Å². The molecule has 2 aromatic carbocycles. The Bertz CT molecular complexity index is 1040. The van der Waals surface area contributed by atoms with E-state index in [2.05, 4.69) is 34.1 Å². The van der Waals surface area contributed by atoms with Crippen LogP contribution in [-0.4, -0.2) is 42.5 Å². The molecule has 0 spiro atoms. The van der Waals surface area contributed by atoms with E-state index < -0.39 is 9.84 Å². The zero-order valence-corrected chi connectivity index (χ0v) is 16.9. The van der Waals surface area contributed by atoms with E-state index in [4.69, 9.17) is 5.73 Å². The maximum absolute atomic E-state index is 11.6. The maximum atomic E-state index is 11.6. The van der Waals surface area contributed by atoms with Crippen LogP contribution in [0.5, 0.6) is 0 Å². The van der Waals surface area contributed by atoms with Gasteiger partial charge in [-0.05, 0) is 62.4 Å². The van der Waals surface area contributed by atoms with Crippen molar-refractivity contribution in [1.82, 2.24) is 14.8 Å². The van der Waals surface area contributed by atoms with Crippen molar-refractivity contribution in [2.75, 3.05) is 35.3 Å². The summed E-state index contributed by atoms with van der Waals surface area (Å²) in [7, 11) is -3.25. The Morgan fingerprint density at radius 2 is 1.64 bits per heavy atom. The number of benzene rings is 2. The van der Waals surface area contributed by atoms with Gasteiger partial charge in [-0.15, -0.1) is 5.10 Å². The standard InChI is InChI=1S/C19H24N6O2S/c1-4-24(5-2)15-8-6-14(7-9-15)21-19-22-18(20)25(23-19)16-10-12-17(13-11-16)28(3,26)27/h6-13H,4-5H2,1-3H3,(H3,20,21,22,23). The molecule has 8 nitrogen and oxygen atoms in total. The van der Waals surface area contributed by atoms with Gasteiger partial charge in [-0.2, -0.15) is 9.67 Å². The quantitative estimate of drug-likeness (QED) is 0.628. The predicted molar refractivity (Wildman–Crippen MR) is 112 cm³/mol. The summed E-state index contributed by atoms with van der Waals surface area (Å²) >= 11 is 0. The van der Waals surface area contributed by atoms with E-state index in [1.54, 1.807) is 12.1 Å². The van der Waals surface area contributed by atoms with Gasteiger partial charge in [0.25, 0.3) is 0 Å². The van der Waals surface area contributed by atoms with Crippen molar-refractivity contribution in [3.63, 3.8) is 0 Å². The fourth-order valence-corrected chi connectivity index (χ4v) is 3.51. The second-order valence-electron chi connectivity index (χ2n) is 6.32. The van der Waals surface area contributed by atoms with E-state index in [0.29, 0.717) is 11.6 Å². The molecule has 0 saturated heterocycles. The van der Waals surface area contributed by atoms with Crippen molar-refractivity contribution < 1.29 is 8.42 Å². The molecular weight excluding hydrogens is 376 g/mol. The van der Waals surface area contributed by atoms with Crippen LogP contribution in [0.2, 0.25) is 0 Å². The summed E-state index contributed by atoms with van der Waals surface area (Å²) in [5, 5.41) is 7.50. The number of hydrogen-bond donors (Lipinski definition) is 2. The second-order valence-corrected chi connectivity index (χ2v) is 8.33. The van der Waals surface area contributed by atoms with Crippen LogP contribution >= 0.6 is 0 Å². The number of rotatable bonds is 7. The van der Waals surface area contributed by atoms with Crippen molar-refractivity contribution in [3.8, 4) is 5.69 Å². The highest BCUT2D eigenvalue weighted by Crippen LogP contribution is 2.22. The molecule has 3 N–H and O–H groups in total. The summed E-state index contributed by atoms with van der Waals surface area (Å²) in [6.07, 6.45) is 1.17. The Morgan fingerprint density at radius 1 is 1.04 bits per heavy atom. The van der Waals surface area contributed by atoms with Crippen LogP contribution in [0.4, 0.5) is 23.3 Å². The van der Waals surface area contributed by atoms with E-state index >= 15 is 0 Å². The topological polar surface area (TPSA) is 106 Å². The van der Waals surface area contributed by atoms with Gasteiger partial charge in [0.15, 0.2) is 9.84 Å². The largest absolute Gasteiger partial charge is 0.372 e. The molecule has 0 aliphatic carbocycles. The van der Waals surface area contributed by atoms with Crippen LogP contribution in [-0.2, 0) is 9.84 Å². The lowest BCUT2D eigenvalue weighted by Crippen LogP contribution is -2.21. The van der Waals surface area contributed by atoms with Crippen LogP contribution in [0.1, 0.15) is 13.8 Å². The molecule has 0 aliphatic rings. The van der Waals surface area contributed by atoms with Gasteiger partial charge in [0.2, 0.25) is 11.9 Å². The zero-order valence-electron chi connectivity index (χ0n) is 16.1. The Hall–Kier alpha value is -3.07. The van der Waals surface area contributed by atoms with E-state index in [0.717, 1.165) is 24.5 Å². The van der Waals surface area contributed by atoms with Crippen LogP contribution in [0.3, 0.4) is 0 Å². The first-order valence-electron chi connectivity index (χ1n) is 8.97. The predicted octanol–water partition coefficient (Wildman–Crippen LogP) is 2.84. The van der Waals surface area contributed by atoms with Crippen molar-refractivity contribution in [1.29, 1.82) is 0 Å². The highest BCUT2D eigenvalue weighted by Gasteiger charge is 2.12. The molecule has 0 atom stereocenters. The number of nitrogens with zero attached hydrogens (tertiary/aromatic N) is 4. The van der Waals surface area contributed by atoms with Crippen molar-refractivity contribution >= 4 is 33.1 Å². The Labute approximate surface area is 164 Å². The third kappa shape index (κ3) is 4.25. The Balaban J connectivity index is 1.79. The first-order valence-corrected chi connectivity index (χ1v) is 10.9. The fourth-order valence-electron chi connectivity index (χ4n) is 2.88. The third-order valence-corrected chi connectivity index (χ3v) is 5.52. The van der Waals surface area contributed by atoms with Crippen molar-refractivity contribution in [3.05, 3.63) is 48.5 Å². The molecule has 3 aromatic rings. The maximum Gasteiger partial charge on any atom is 0.248 e. The molecule has 0 saturated carbocycles. The van der Waals surface area contributed by atoms with Gasteiger partial charge in [-0.25, -0.2) is 8.42 Å². The molecule has 0 bridgehead atoms. The number of aromatic nitrogens is 3. The first-order chi connectivity index (χ1) is 13.3. The van der Waals surface area contributed by atoms with E-state index in [1.807, 2.05) is 24.3 Å². The molecule has 1 aromatic heterocycles. The van der Waals surface area contributed by atoms with Gasteiger partial charge in [0.05, 0.1) is 10.6 Å². The molecule has 0 unspecified atom stereocenters. The lowest BCUT2D eigenvalue weighted by atomic mass is 10.2. The molecule has 0 aliphatic heterocycles. The number of nitrogens with one attached hydrogen (secondary N) is 1. The SMILES string of the molecule is CCN(CC)c1ccc(Nc2nc(N)n(-c3ccc(S(C)(=O)=O)cc3)n2)cc1. The van der Waals surface area contributed by atoms with Crippen LogP contribution < -0.4 is 16.0 Å². The summed E-state index contributed by atoms with van der Waals surface area (Å²) in [5.74, 6) is 0.564. The Morgan fingerprint density at radius 3 is 2.18 bits per heavy atom. The molecule has 0 fully saturated rings. The summed E-state index contributed by atoms with van der Waals surface area (Å²) in [4.78, 5) is 6.73. The van der Waals surface area contributed by atoms with Gasteiger partial charge >= 0.3 is 0 Å². The van der Waals surface area contributed by atoms with Gasteiger partial charge in [-0.3, -0.25) is 0 Å². The minimum atomic E-state index is -3.25. The van der Waals surface area contributed by atoms with Crippen molar-refractivity contribution in [2.24, 2.45) is 0 Å². The summed E-state index contributed by atoms with van der Waals surface area (Å²) in [6, 6.07) is 14.3. The molecule has 9 heteroatoms. The van der Waals surface area contributed by atoms with E-state index in [1.165, 1.54) is 23.1 Å². The lowest BCUT2D eigenvalue weighted by molar-refractivity contribution is 0.602. The van der Waals surface area contributed by atoms with E-state index in [-0.39, 0.29) is 10.8 Å². The monoisotopic (exact) mass is 400 g/mol. The molecule has 3 rings (SSSR count). The summed E-state index contributed by atoms with van der Waals surface area (Å²) < 4.78 is 24.6. The summed E-state index contributed by atoms with van der Waals surface area (Å²) in [5.41, 5.74) is 8.60. The number of anilines is 4. The minimum absolute atomic E-state index is 0.203. The minimum Gasteiger partial charge on any atom is -0.372 e. The molecule has 0 amide bonds. The van der Waals surface area contributed by atoms with Crippen LogP contribution in [0.15, 0.2) is 53.4 Å². The van der Waals surface area contributed by atoms with Gasteiger partial charge in [0, 0.05) is 30.7 Å². The van der Waals surface area contributed by atoms with Gasteiger partial charge < -0.3 is 16.0 Å². The van der Waals surface area contributed by atoms with Gasteiger partial charge in [-0.1, -0.05) is 0 Å². The lowest BCUT2D eigenvalue weighted by Gasteiger charge is -2.21. The number of nitrogen functional groups attached to an aromatic ring is 1. The number of sulfone groups is 1. The molecule has 0 radical (unpaired) electrons. The normalized spacial score (nSPS) is 11.4. The highest BCUT2D eigenvalue weighted by atomic mass is 32.2. The average Bonchev–Trinajstić information content (AvgIpc) is 3.03. The van der Waals surface area contributed by atoms with Crippen molar-refractivity contribution in [2.45, 2.75) is 18.7 Å². The number of nitrogens with two attached hydrogens (primary N) is 1. The van der Waals surface area contributed by atoms with E-state index in [9.17, 15) is 8.42 Å². The zero-order chi connectivity index (χ0) is 20.3. The Kier molecular flexibility index (Phi) is 5.55. The summed E-state index contributed by atoms with van der Waals surface area (Å²) in [6.45, 7) is 6.14. The third-order valence-electron chi connectivity index (χ3n) is 4.39.